The second-order valence-corrected chi connectivity index (χ2v) is 7.49. The maximum absolute atomic E-state index is 6.07. The Labute approximate surface area is 173 Å². The van der Waals surface area contributed by atoms with E-state index in [1.165, 1.54) is 0 Å². The molecule has 6 heteroatoms. The fourth-order valence-electron chi connectivity index (χ4n) is 2.77. The van der Waals surface area contributed by atoms with Gasteiger partial charge in [0.25, 0.3) is 0 Å². The van der Waals surface area contributed by atoms with Crippen LogP contribution in [0.2, 0.25) is 5.02 Å². The predicted octanol–water partition coefficient (Wildman–Crippen LogP) is 5.76. The van der Waals surface area contributed by atoms with E-state index in [9.17, 15) is 0 Å². The molecule has 0 aliphatic rings. The molecule has 28 heavy (non-hydrogen) atoms. The van der Waals surface area contributed by atoms with Crippen molar-refractivity contribution in [1.29, 1.82) is 0 Å². The Morgan fingerprint density at radius 3 is 2.21 bits per heavy atom. The molecule has 0 amide bonds. The fraction of sp³-hybridized carbons (Fsp3) is 0.0909. The van der Waals surface area contributed by atoms with Crippen molar-refractivity contribution in [3.8, 4) is 22.8 Å². The molecule has 0 fully saturated rings. The molecule has 0 N–H and O–H groups in total. The van der Waals surface area contributed by atoms with E-state index in [2.05, 4.69) is 14.8 Å². The minimum Gasteiger partial charge on any atom is -0.493 e. The number of para-hydroxylation sites is 1. The van der Waals surface area contributed by atoms with E-state index in [4.69, 9.17) is 16.3 Å². The summed E-state index contributed by atoms with van der Waals surface area (Å²) in [6.45, 7) is 0.586. The van der Waals surface area contributed by atoms with Crippen LogP contribution < -0.4 is 4.74 Å². The minimum absolute atomic E-state index is 0.586. The minimum atomic E-state index is 0.586. The lowest BCUT2D eigenvalue weighted by Crippen LogP contribution is -2.03. The van der Waals surface area contributed by atoms with Crippen LogP contribution in [-0.2, 0) is 0 Å². The van der Waals surface area contributed by atoms with Crippen LogP contribution in [0.15, 0.2) is 90.1 Å². The van der Waals surface area contributed by atoms with E-state index >= 15 is 0 Å². The van der Waals surface area contributed by atoms with Crippen molar-refractivity contribution in [2.45, 2.75) is 5.16 Å². The first-order valence-corrected chi connectivity index (χ1v) is 10.2. The summed E-state index contributed by atoms with van der Waals surface area (Å²) < 4.78 is 7.84. The maximum Gasteiger partial charge on any atom is 0.196 e. The van der Waals surface area contributed by atoms with Crippen LogP contribution in [0.5, 0.6) is 5.75 Å². The number of nitrogens with zero attached hydrogens (tertiary/aromatic N) is 3. The largest absolute Gasteiger partial charge is 0.493 e. The number of thioether (sulfide) groups is 1. The van der Waals surface area contributed by atoms with Crippen LogP contribution in [0, 0.1) is 0 Å². The maximum atomic E-state index is 6.07. The van der Waals surface area contributed by atoms with Gasteiger partial charge in [-0.05, 0) is 36.4 Å². The molecule has 0 saturated heterocycles. The zero-order chi connectivity index (χ0) is 19.2. The number of benzene rings is 3. The second-order valence-electron chi connectivity index (χ2n) is 5.99. The van der Waals surface area contributed by atoms with Gasteiger partial charge in [-0.1, -0.05) is 71.9 Å². The first-order valence-electron chi connectivity index (χ1n) is 8.89. The van der Waals surface area contributed by atoms with Gasteiger partial charge in [0.2, 0.25) is 0 Å². The van der Waals surface area contributed by atoms with Gasteiger partial charge >= 0.3 is 0 Å². The number of halogens is 1. The van der Waals surface area contributed by atoms with Gasteiger partial charge in [0.05, 0.1) is 6.61 Å². The molecular weight excluding hydrogens is 390 g/mol. The molecule has 3 aromatic carbocycles. The van der Waals surface area contributed by atoms with Gasteiger partial charge in [-0.3, -0.25) is 4.57 Å². The van der Waals surface area contributed by atoms with Gasteiger partial charge < -0.3 is 4.74 Å². The molecule has 0 atom stereocenters. The zero-order valence-electron chi connectivity index (χ0n) is 15.0. The van der Waals surface area contributed by atoms with Crippen LogP contribution in [-0.4, -0.2) is 27.1 Å². The molecule has 4 aromatic rings. The Hall–Kier alpha value is -2.76. The highest BCUT2D eigenvalue weighted by Crippen LogP contribution is 2.28. The first kappa shape index (κ1) is 18.6. The number of rotatable bonds is 7. The molecule has 0 bridgehead atoms. The molecule has 1 heterocycles. The highest BCUT2D eigenvalue weighted by Gasteiger charge is 2.16. The van der Waals surface area contributed by atoms with Gasteiger partial charge in [-0.15, -0.1) is 10.2 Å². The third kappa shape index (κ3) is 4.38. The number of ether oxygens (including phenoxy) is 1. The van der Waals surface area contributed by atoms with E-state index in [-0.39, 0.29) is 0 Å². The van der Waals surface area contributed by atoms with Crippen molar-refractivity contribution in [3.05, 3.63) is 90.0 Å². The van der Waals surface area contributed by atoms with E-state index in [0.717, 1.165) is 33.7 Å². The van der Waals surface area contributed by atoms with Crippen molar-refractivity contribution in [2.24, 2.45) is 0 Å². The summed E-state index contributed by atoms with van der Waals surface area (Å²) >= 11 is 7.68. The van der Waals surface area contributed by atoms with Crippen molar-refractivity contribution in [2.75, 3.05) is 12.4 Å². The highest BCUT2D eigenvalue weighted by atomic mass is 35.5. The normalized spacial score (nSPS) is 10.8. The molecule has 4 rings (SSSR count). The SMILES string of the molecule is Clc1ccc(-n2c(SCCOc3ccccc3)nnc2-c2ccccc2)cc1. The Balaban J connectivity index is 1.56. The summed E-state index contributed by atoms with van der Waals surface area (Å²) in [7, 11) is 0. The molecule has 0 radical (unpaired) electrons. The number of hydrogen-bond donors (Lipinski definition) is 0. The van der Waals surface area contributed by atoms with Crippen LogP contribution in [0.1, 0.15) is 0 Å². The summed E-state index contributed by atoms with van der Waals surface area (Å²) in [4.78, 5) is 0. The summed E-state index contributed by atoms with van der Waals surface area (Å²) in [5.41, 5.74) is 1.98. The predicted molar refractivity (Wildman–Crippen MR) is 114 cm³/mol. The quantitative estimate of drug-likeness (QED) is 0.288. The standard InChI is InChI=1S/C22H18ClN3OS/c23-18-11-13-19(14-12-18)26-21(17-7-3-1-4-8-17)24-25-22(26)28-16-15-27-20-9-5-2-6-10-20/h1-14H,15-16H2. The van der Waals surface area contributed by atoms with Gasteiger partial charge in [0.1, 0.15) is 5.75 Å². The van der Waals surface area contributed by atoms with Crippen molar-refractivity contribution in [1.82, 2.24) is 14.8 Å². The average molecular weight is 408 g/mol. The Kier molecular flexibility index (Phi) is 5.95. The molecular formula is C22H18ClN3OS. The van der Waals surface area contributed by atoms with Gasteiger partial charge in [0, 0.05) is 22.0 Å². The molecule has 0 aliphatic carbocycles. The third-order valence-electron chi connectivity index (χ3n) is 4.08. The topological polar surface area (TPSA) is 39.9 Å². The Morgan fingerprint density at radius 2 is 1.50 bits per heavy atom. The number of aromatic nitrogens is 3. The summed E-state index contributed by atoms with van der Waals surface area (Å²) in [6.07, 6.45) is 0. The lowest BCUT2D eigenvalue weighted by molar-refractivity contribution is 0.344. The molecule has 0 spiro atoms. The molecule has 1 aromatic heterocycles. The van der Waals surface area contributed by atoms with Crippen LogP contribution in [0.4, 0.5) is 0 Å². The highest BCUT2D eigenvalue weighted by molar-refractivity contribution is 7.99. The van der Waals surface area contributed by atoms with Crippen LogP contribution >= 0.6 is 23.4 Å². The average Bonchev–Trinajstić information content (AvgIpc) is 3.17. The van der Waals surface area contributed by atoms with Gasteiger partial charge in [-0.2, -0.15) is 0 Å². The number of hydrogen-bond acceptors (Lipinski definition) is 4. The zero-order valence-corrected chi connectivity index (χ0v) is 16.6. The molecule has 0 unspecified atom stereocenters. The summed E-state index contributed by atoms with van der Waals surface area (Å²) in [5.74, 6) is 2.43. The van der Waals surface area contributed by atoms with Crippen molar-refractivity contribution >= 4 is 23.4 Å². The van der Waals surface area contributed by atoms with E-state index in [0.29, 0.717) is 11.6 Å². The second kappa shape index (κ2) is 8.95. The summed E-state index contributed by atoms with van der Waals surface area (Å²) in [6, 6.07) is 27.5. The summed E-state index contributed by atoms with van der Waals surface area (Å²) in [5, 5.41) is 10.4. The van der Waals surface area contributed by atoms with E-state index < -0.39 is 0 Å². The van der Waals surface area contributed by atoms with Crippen molar-refractivity contribution in [3.63, 3.8) is 0 Å². The van der Waals surface area contributed by atoms with Crippen LogP contribution in [0.25, 0.3) is 17.1 Å². The molecule has 140 valence electrons. The molecule has 0 saturated carbocycles. The van der Waals surface area contributed by atoms with Gasteiger partial charge in [-0.25, -0.2) is 0 Å². The first-order chi connectivity index (χ1) is 13.8. The lowest BCUT2D eigenvalue weighted by Gasteiger charge is -2.11. The molecule has 4 nitrogen and oxygen atoms in total. The monoisotopic (exact) mass is 407 g/mol. The Morgan fingerprint density at radius 1 is 0.821 bits per heavy atom. The van der Waals surface area contributed by atoms with Gasteiger partial charge in [0.15, 0.2) is 11.0 Å². The van der Waals surface area contributed by atoms with E-state index in [1.807, 2.05) is 84.9 Å². The Bertz CT molecular complexity index is 1020. The smallest absolute Gasteiger partial charge is 0.196 e. The lowest BCUT2D eigenvalue weighted by atomic mass is 10.2. The fourth-order valence-corrected chi connectivity index (χ4v) is 3.66. The van der Waals surface area contributed by atoms with Crippen LogP contribution in [0.3, 0.4) is 0 Å². The van der Waals surface area contributed by atoms with E-state index in [1.54, 1.807) is 11.8 Å². The van der Waals surface area contributed by atoms with Crippen molar-refractivity contribution < 1.29 is 4.74 Å². The third-order valence-corrected chi connectivity index (χ3v) is 5.22. The molecule has 0 aliphatic heterocycles.